The molecule has 0 spiro atoms. The Balaban J connectivity index is 1.75. The maximum atomic E-state index is 12.8. The van der Waals surface area contributed by atoms with Crippen LogP contribution in [-0.2, 0) is 11.2 Å². The summed E-state index contributed by atoms with van der Waals surface area (Å²) in [7, 11) is 0. The van der Waals surface area contributed by atoms with Gasteiger partial charge in [-0.05, 0) is 53.5 Å². The molecule has 34 heavy (non-hydrogen) atoms. The molecule has 1 amide bonds. The van der Waals surface area contributed by atoms with Gasteiger partial charge in [0.05, 0.1) is 27.9 Å². The number of nitrogens with one attached hydrogen (secondary N) is 1. The van der Waals surface area contributed by atoms with Crippen LogP contribution in [0.2, 0.25) is 0 Å². The number of aromatic nitrogens is 1. The summed E-state index contributed by atoms with van der Waals surface area (Å²) >= 11 is 3.29. The molecule has 2 N–H and O–H groups in total. The number of aliphatic hydroxyl groups excluding tert-OH is 1. The van der Waals surface area contributed by atoms with Crippen LogP contribution in [0.25, 0.3) is 10.2 Å². The Morgan fingerprint density at radius 2 is 1.88 bits per heavy atom. The standard InChI is InChI=1S/C27H37N3O2S2/c1-19(2)16-30(34-21-11-12-22-25(14-21)33-18-28-22)17-24(31)23(13-20-9-7-6-8-10-20)29-26(32)15-27(3,4)5/h6-12,14,18-19,23-24,31H,13,15-17H2,1-5H3,(H,29,32)/t23-,24+/m0/s1. The quantitative estimate of drug-likeness (QED) is 0.327. The molecular formula is C27H37N3O2S2. The van der Waals surface area contributed by atoms with Gasteiger partial charge in [0.15, 0.2) is 0 Å². The van der Waals surface area contributed by atoms with Gasteiger partial charge in [-0.25, -0.2) is 9.29 Å². The van der Waals surface area contributed by atoms with E-state index < -0.39 is 6.10 Å². The maximum Gasteiger partial charge on any atom is 0.220 e. The van der Waals surface area contributed by atoms with Crippen LogP contribution in [0, 0.1) is 11.3 Å². The fourth-order valence-corrected chi connectivity index (χ4v) is 5.81. The van der Waals surface area contributed by atoms with E-state index in [1.54, 1.807) is 23.3 Å². The fourth-order valence-electron chi connectivity index (χ4n) is 3.82. The molecule has 0 bridgehead atoms. The van der Waals surface area contributed by atoms with E-state index in [1.807, 2.05) is 41.9 Å². The van der Waals surface area contributed by atoms with Crippen molar-refractivity contribution in [3.05, 3.63) is 59.6 Å². The molecule has 184 valence electrons. The second-order valence-electron chi connectivity index (χ2n) is 10.5. The highest BCUT2D eigenvalue weighted by molar-refractivity contribution is 7.97. The van der Waals surface area contributed by atoms with Crippen LogP contribution < -0.4 is 5.32 Å². The van der Waals surface area contributed by atoms with E-state index in [1.165, 1.54) is 0 Å². The van der Waals surface area contributed by atoms with E-state index in [9.17, 15) is 9.90 Å². The van der Waals surface area contributed by atoms with Crippen molar-refractivity contribution < 1.29 is 9.90 Å². The van der Waals surface area contributed by atoms with Crippen LogP contribution >= 0.6 is 23.3 Å². The monoisotopic (exact) mass is 499 g/mol. The van der Waals surface area contributed by atoms with Gasteiger partial charge in [-0.15, -0.1) is 11.3 Å². The molecule has 1 heterocycles. The lowest BCUT2D eigenvalue weighted by Crippen LogP contribution is -2.49. The molecule has 2 aromatic carbocycles. The predicted molar refractivity (Wildman–Crippen MR) is 144 cm³/mol. The summed E-state index contributed by atoms with van der Waals surface area (Å²) in [6.07, 6.45) is 0.303. The first-order chi connectivity index (χ1) is 16.1. The van der Waals surface area contributed by atoms with E-state index in [2.05, 4.69) is 61.4 Å². The minimum atomic E-state index is -0.706. The molecule has 3 aromatic rings. The summed E-state index contributed by atoms with van der Waals surface area (Å²) in [6, 6.07) is 16.0. The molecule has 5 nitrogen and oxygen atoms in total. The SMILES string of the molecule is CC(C)CN(C[C@@H](O)[C@H](Cc1ccccc1)NC(=O)CC(C)(C)C)Sc1ccc2ncsc2c1. The fraction of sp³-hybridized carbons (Fsp3) is 0.481. The van der Waals surface area contributed by atoms with Crippen molar-refractivity contribution in [1.29, 1.82) is 0 Å². The van der Waals surface area contributed by atoms with Crippen LogP contribution in [-0.4, -0.2) is 45.5 Å². The molecule has 1 aromatic heterocycles. The van der Waals surface area contributed by atoms with Gasteiger partial charge in [0.2, 0.25) is 5.91 Å². The molecule has 0 saturated carbocycles. The number of carbonyl (C=O) groups is 1. The summed E-state index contributed by atoms with van der Waals surface area (Å²) in [6.45, 7) is 11.8. The minimum Gasteiger partial charge on any atom is -0.390 e. The zero-order valence-corrected chi connectivity index (χ0v) is 22.5. The second kappa shape index (κ2) is 12.2. The zero-order valence-electron chi connectivity index (χ0n) is 20.8. The summed E-state index contributed by atoms with van der Waals surface area (Å²) in [5, 5.41) is 14.5. The van der Waals surface area contributed by atoms with Gasteiger partial charge in [-0.1, -0.05) is 65.0 Å². The third-order valence-corrected chi connectivity index (χ3v) is 7.11. The van der Waals surface area contributed by atoms with Crippen LogP contribution in [0.15, 0.2) is 58.9 Å². The van der Waals surface area contributed by atoms with Gasteiger partial charge in [-0.3, -0.25) is 4.79 Å². The zero-order chi connectivity index (χ0) is 24.7. The number of carbonyl (C=O) groups excluding carboxylic acids is 1. The van der Waals surface area contributed by atoms with Crippen molar-refractivity contribution in [3.63, 3.8) is 0 Å². The molecule has 3 rings (SSSR count). The lowest BCUT2D eigenvalue weighted by Gasteiger charge is -2.31. The van der Waals surface area contributed by atoms with Crippen molar-refractivity contribution in [2.75, 3.05) is 13.1 Å². The summed E-state index contributed by atoms with van der Waals surface area (Å²) < 4.78 is 3.37. The highest BCUT2D eigenvalue weighted by atomic mass is 32.2. The summed E-state index contributed by atoms with van der Waals surface area (Å²) in [5.41, 5.74) is 3.86. The molecule has 0 radical (unpaired) electrons. The van der Waals surface area contributed by atoms with E-state index in [-0.39, 0.29) is 17.4 Å². The van der Waals surface area contributed by atoms with Crippen molar-refractivity contribution in [3.8, 4) is 0 Å². The van der Waals surface area contributed by atoms with E-state index in [0.717, 1.165) is 27.2 Å². The number of thiazole rings is 1. The average Bonchev–Trinajstić information content (AvgIpc) is 3.20. The van der Waals surface area contributed by atoms with Gasteiger partial charge < -0.3 is 10.4 Å². The predicted octanol–water partition coefficient (Wildman–Crippen LogP) is 5.79. The topological polar surface area (TPSA) is 65.5 Å². The highest BCUT2D eigenvalue weighted by Crippen LogP contribution is 2.29. The molecule has 0 aliphatic heterocycles. The number of aliphatic hydroxyl groups is 1. The molecule has 0 saturated heterocycles. The number of hydrogen-bond acceptors (Lipinski definition) is 6. The molecule has 0 unspecified atom stereocenters. The number of nitrogens with zero attached hydrogens (tertiary/aromatic N) is 2. The number of benzene rings is 2. The molecule has 0 fully saturated rings. The van der Waals surface area contributed by atoms with E-state index in [4.69, 9.17) is 0 Å². The van der Waals surface area contributed by atoms with E-state index >= 15 is 0 Å². The first kappa shape index (κ1) is 26.7. The third-order valence-electron chi connectivity index (χ3n) is 5.30. The van der Waals surface area contributed by atoms with E-state index in [0.29, 0.717) is 25.3 Å². The molecule has 0 aliphatic carbocycles. The first-order valence-electron chi connectivity index (χ1n) is 11.9. The van der Waals surface area contributed by atoms with Gasteiger partial charge in [0.25, 0.3) is 0 Å². The molecule has 0 aliphatic rings. The van der Waals surface area contributed by atoms with Crippen molar-refractivity contribution >= 4 is 39.4 Å². The Morgan fingerprint density at radius 1 is 1.15 bits per heavy atom. The van der Waals surface area contributed by atoms with Crippen molar-refractivity contribution in [2.24, 2.45) is 11.3 Å². The Hall–Kier alpha value is -1.93. The number of rotatable bonds is 11. The van der Waals surface area contributed by atoms with Crippen LogP contribution in [0.1, 0.15) is 46.6 Å². The molecule has 2 atom stereocenters. The number of hydrogen-bond donors (Lipinski definition) is 2. The average molecular weight is 500 g/mol. The lowest BCUT2D eigenvalue weighted by molar-refractivity contribution is -0.124. The summed E-state index contributed by atoms with van der Waals surface area (Å²) in [5.74, 6) is 0.418. The van der Waals surface area contributed by atoms with Gasteiger partial charge in [0.1, 0.15) is 0 Å². The minimum absolute atomic E-state index is 0.0220. The largest absolute Gasteiger partial charge is 0.390 e. The van der Waals surface area contributed by atoms with Crippen LogP contribution in [0.4, 0.5) is 0 Å². The normalized spacial score (nSPS) is 14.0. The van der Waals surface area contributed by atoms with Gasteiger partial charge in [0, 0.05) is 24.4 Å². The Labute approximate surface area is 212 Å². The smallest absolute Gasteiger partial charge is 0.220 e. The Kier molecular flexibility index (Phi) is 9.54. The Morgan fingerprint density at radius 3 is 2.56 bits per heavy atom. The van der Waals surface area contributed by atoms with Crippen molar-refractivity contribution in [2.45, 2.75) is 64.5 Å². The Bertz CT molecular complexity index is 1050. The number of fused-ring (bicyclic) bond motifs is 1. The van der Waals surface area contributed by atoms with Crippen molar-refractivity contribution in [1.82, 2.24) is 14.6 Å². The second-order valence-corrected chi connectivity index (χ2v) is 12.5. The van der Waals surface area contributed by atoms with Gasteiger partial charge >= 0.3 is 0 Å². The van der Waals surface area contributed by atoms with Crippen LogP contribution in [0.5, 0.6) is 0 Å². The third kappa shape index (κ3) is 8.69. The molecular weight excluding hydrogens is 462 g/mol. The lowest BCUT2D eigenvalue weighted by atomic mass is 9.91. The first-order valence-corrected chi connectivity index (χ1v) is 13.5. The summed E-state index contributed by atoms with van der Waals surface area (Å²) in [4.78, 5) is 18.3. The maximum absolute atomic E-state index is 12.8. The van der Waals surface area contributed by atoms with Gasteiger partial charge in [-0.2, -0.15) is 0 Å². The highest BCUT2D eigenvalue weighted by Gasteiger charge is 2.26. The van der Waals surface area contributed by atoms with Crippen LogP contribution in [0.3, 0.4) is 0 Å². The molecule has 7 heteroatoms. The number of amides is 1.